The molecular weight excluding hydrogens is 298 g/mol. The summed E-state index contributed by atoms with van der Waals surface area (Å²) >= 11 is 0. The van der Waals surface area contributed by atoms with Crippen LogP contribution in [0, 0.1) is 12.3 Å². The number of carbonyl (C=O) groups is 3. The topological polar surface area (TPSA) is 81.7 Å². The number of carbonyl (C=O) groups excluding carboxylic acids is 3. The van der Waals surface area contributed by atoms with Gasteiger partial charge in [0.25, 0.3) is 0 Å². The van der Waals surface area contributed by atoms with E-state index in [1.165, 1.54) is 14.2 Å². The van der Waals surface area contributed by atoms with Gasteiger partial charge in [-0.05, 0) is 25.3 Å². The molecule has 0 saturated heterocycles. The first-order chi connectivity index (χ1) is 11.0. The lowest BCUT2D eigenvalue weighted by atomic mass is 9.74. The predicted molar refractivity (Wildman–Crippen MR) is 82.8 cm³/mol. The standard InChI is InChI=1S/C17H21NO5/c1-11-6-4-7-12(10-11)14(18-16(21)23-3)17(15(20)22-2)9-5-8-13(17)19/h4,6-7,10,14H,5,8-9H2,1-3H3,(H,18,21)/t14-,17-/m0/s1. The molecule has 0 radical (unpaired) electrons. The first kappa shape index (κ1) is 17.0. The molecule has 23 heavy (non-hydrogen) atoms. The number of rotatable bonds is 4. The minimum Gasteiger partial charge on any atom is -0.468 e. The summed E-state index contributed by atoms with van der Waals surface area (Å²) in [5, 5.41) is 2.66. The first-order valence-corrected chi connectivity index (χ1v) is 7.48. The molecule has 1 saturated carbocycles. The lowest BCUT2D eigenvalue weighted by Crippen LogP contribution is -2.49. The molecule has 0 aliphatic heterocycles. The number of amides is 1. The fourth-order valence-corrected chi connectivity index (χ4v) is 3.23. The Balaban J connectivity index is 2.56. The lowest BCUT2D eigenvalue weighted by molar-refractivity contribution is -0.158. The van der Waals surface area contributed by atoms with Crippen LogP contribution in [0.25, 0.3) is 0 Å². The van der Waals surface area contributed by atoms with E-state index in [4.69, 9.17) is 4.74 Å². The van der Waals surface area contributed by atoms with Crippen molar-refractivity contribution in [2.75, 3.05) is 14.2 Å². The molecule has 0 heterocycles. The van der Waals surface area contributed by atoms with Crippen molar-refractivity contribution in [3.05, 3.63) is 35.4 Å². The fraction of sp³-hybridized carbons (Fsp3) is 0.471. The summed E-state index contributed by atoms with van der Waals surface area (Å²) < 4.78 is 9.58. The number of methoxy groups -OCH3 is 2. The zero-order valence-corrected chi connectivity index (χ0v) is 13.5. The summed E-state index contributed by atoms with van der Waals surface area (Å²) in [7, 11) is 2.49. The third-order valence-corrected chi connectivity index (χ3v) is 4.34. The molecule has 124 valence electrons. The number of benzene rings is 1. The van der Waals surface area contributed by atoms with Crippen molar-refractivity contribution in [3.63, 3.8) is 0 Å². The van der Waals surface area contributed by atoms with Gasteiger partial charge in [-0.2, -0.15) is 0 Å². The Bertz CT molecular complexity index is 627. The molecule has 1 aromatic rings. The van der Waals surface area contributed by atoms with Crippen molar-refractivity contribution in [3.8, 4) is 0 Å². The number of hydrogen-bond donors (Lipinski definition) is 1. The van der Waals surface area contributed by atoms with E-state index in [9.17, 15) is 14.4 Å². The van der Waals surface area contributed by atoms with Crippen LogP contribution in [0.15, 0.2) is 24.3 Å². The SMILES string of the molecule is COC(=O)N[C@@H](c1cccc(C)c1)[C@]1(C(=O)OC)CCCC1=O. The molecule has 2 rings (SSSR count). The maximum absolute atomic E-state index is 12.6. The second kappa shape index (κ2) is 6.81. The zero-order chi connectivity index (χ0) is 17.0. The number of Topliss-reactive ketones (excluding diaryl/α,β-unsaturated/α-hetero) is 1. The van der Waals surface area contributed by atoms with E-state index in [-0.39, 0.29) is 5.78 Å². The van der Waals surface area contributed by atoms with Crippen LogP contribution in [0.5, 0.6) is 0 Å². The lowest BCUT2D eigenvalue weighted by Gasteiger charge is -2.34. The summed E-state index contributed by atoms with van der Waals surface area (Å²) in [6.45, 7) is 1.90. The van der Waals surface area contributed by atoms with Gasteiger partial charge < -0.3 is 14.8 Å². The number of aryl methyl sites for hydroxylation is 1. The molecule has 6 nitrogen and oxygen atoms in total. The van der Waals surface area contributed by atoms with Crippen molar-refractivity contribution in [1.29, 1.82) is 0 Å². The third kappa shape index (κ3) is 3.06. The van der Waals surface area contributed by atoms with Gasteiger partial charge in [0.2, 0.25) is 0 Å². The first-order valence-electron chi connectivity index (χ1n) is 7.48. The van der Waals surface area contributed by atoms with Crippen molar-refractivity contribution >= 4 is 17.8 Å². The molecule has 1 aliphatic carbocycles. The van der Waals surface area contributed by atoms with Crippen molar-refractivity contribution < 1.29 is 23.9 Å². The second-order valence-electron chi connectivity index (χ2n) is 5.72. The van der Waals surface area contributed by atoms with Crippen molar-refractivity contribution in [1.82, 2.24) is 5.32 Å². The largest absolute Gasteiger partial charge is 0.468 e. The van der Waals surface area contributed by atoms with Crippen LogP contribution in [0.4, 0.5) is 4.79 Å². The van der Waals surface area contributed by atoms with Crippen LogP contribution in [0.2, 0.25) is 0 Å². The van der Waals surface area contributed by atoms with Crippen LogP contribution < -0.4 is 5.32 Å². The predicted octanol–water partition coefficient (Wildman–Crippen LogP) is 2.30. The molecule has 6 heteroatoms. The molecule has 0 bridgehead atoms. The van der Waals surface area contributed by atoms with E-state index in [1.807, 2.05) is 25.1 Å². The fourth-order valence-electron chi connectivity index (χ4n) is 3.23. The number of ether oxygens (including phenoxy) is 2. The average molecular weight is 319 g/mol. The molecule has 1 N–H and O–H groups in total. The molecule has 1 fully saturated rings. The number of alkyl carbamates (subject to hydrolysis) is 1. The highest BCUT2D eigenvalue weighted by Crippen LogP contribution is 2.46. The number of hydrogen-bond acceptors (Lipinski definition) is 5. The monoisotopic (exact) mass is 319 g/mol. The van der Waals surface area contributed by atoms with Crippen LogP contribution in [0.1, 0.15) is 36.4 Å². The summed E-state index contributed by atoms with van der Waals surface area (Å²) in [4.78, 5) is 36.9. The Morgan fingerprint density at radius 3 is 2.52 bits per heavy atom. The van der Waals surface area contributed by atoms with Crippen molar-refractivity contribution in [2.24, 2.45) is 5.41 Å². The summed E-state index contributed by atoms with van der Waals surface area (Å²) in [5.74, 6) is -0.838. The summed E-state index contributed by atoms with van der Waals surface area (Å²) in [6.07, 6.45) is 0.514. The maximum Gasteiger partial charge on any atom is 0.407 e. The van der Waals surface area contributed by atoms with Gasteiger partial charge in [-0.1, -0.05) is 29.8 Å². The highest BCUT2D eigenvalue weighted by molar-refractivity contribution is 6.06. The normalized spacial score (nSPS) is 21.6. The van der Waals surface area contributed by atoms with E-state index >= 15 is 0 Å². The number of esters is 1. The van der Waals surface area contributed by atoms with E-state index in [0.29, 0.717) is 24.8 Å². The Kier molecular flexibility index (Phi) is 5.03. The van der Waals surface area contributed by atoms with Gasteiger partial charge in [-0.3, -0.25) is 9.59 Å². The Morgan fingerprint density at radius 1 is 1.26 bits per heavy atom. The van der Waals surface area contributed by atoms with E-state index in [2.05, 4.69) is 10.1 Å². The molecule has 0 aromatic heterocycles. The van der Waals surface area contributed by atoms with Crippen LogP contribution in [0.3, 0.4) is 0 Å². The molecular formula is C17H21NO5. The zero-order valence-electron chi connectivity index (χ0n) is 13.5. The van der Waals surface area contributed by atoms with E-state index < -0.39 is 23.5 Å². The van der Waals surface area contributed by atoms with Gasteiger partial charge in [0.15, 0.2) is 11.2 Å². The summed E-state index contributed by atoms with van der Waals surface area (Å²) in [6, 6.07) is 6.53. The minimum atomic E-state index is -1.41. The highest BCUT2D eigenvalue weighted by Gasteiger charge is 2.56. The molecule has 1 aliphatic rings. The van der Waals surface area contributed by atoms with Crippen LogP contribution in [-0.4, -0.2) is 32.1 Å². The molecule has 0 unspecified atom stereocenters. The number of nitrogens with one attached hydrogen (secondary N) is 1. The van der Waals surface area contributed by atoms with Crippen LogP contribution in [-0.2, 0) is 19.1 Å². The Labute approximate surface area is 135 Å². The van der Waals surface area contributed by atoms with Gasteiger partial charge >= 0.3 is 12.1 Å². The molecule has 0 spiro atoms. The Morgan fingerprint density at radius 2 is 2.00 bits per heavy atom. The minimum absolute atomic E-state index is 0.216. The van der Waals surface area contributed by atoms with E-state index in [1.54, 1.807) is 6.07 Å². The Hall–Kier alpha value is -2.37. The van der Waals surface area contributed by atoms with Crippen molar-refractivity contribution in [2.45, 2.75) is 32.2 Å². The van der Waals surface area contributed by atoms with Gasteiger partial charge in [-0.15, -0.1) is 0 Å². The summed E-state index contributed by atoms with van der Waals surface area (Å²) in [5.41, 5.74) is 0.233. The quantitative estimate of drug-likeness (QED) is 0.680. The van der Waals surface area contributed by atoms with Gasteiger partial charge in [0.1, 0.15) is 0 Å². The third-order valence-electron chi connectivity index (χ3n) is 4.34. The van der Waals surface area contributed by atoms with Crippen LogP contribution >= 0.6 is 0 Å². The average Bonchev–Trinajstić information content (AvgIpc) is 2.93. The smallest absolute Gasteiger partial charge is 0.407 e. The molecule has 1 amide bonds. The van der Waals surface area contributed by atoms with Gasteiger partial charge in [0.05, 0.1) is 20.3 Å². The number of ketones is 1. The second-order valence-corrected chi connectivity index (χ2v) is 5.72. The van der Waals surface area contributed by atoms with E-state index in [0.717, 1.165) is 5.56 Å². The van der Waals surface area contributed by atoms with Gasteiger partial charge in [0, 0.05) is 6.42 Å². The highest BCUT2D eigenvalue weighted by atomic mass is 16.5. The van der Waals surface area contributed by atoms with Gasteiger partial charge in [-0.25, -0.2) is 4.79 Å². The maximum atomic E-state index is 12.6. The molecule has 2 atom stereocenters. The molecule has 1 aromatic carbocycles.